The molecule has 2 atom stereocenters. The van der Waals surface area contributed by atoms with E-state index < -0.39 is 60.1 Å². The van der Waals surface area contributed by atoms with Gasteiger partial charge >= 0.3 is 30.9 Å². The number of carbonyl (C=O) groups is 5. The van der Waals surface area contributed by atoms with Crippen molar-refractivity contribution < 1.29 is 49.0 Å². The van der Waals surface area contributed by atoms with Crippen LogP contribution in [-0.4, -0.2) is 86.5 Å². The van der Waals surface area contributed by atoms with Crippen LogP contribution in [0.25, 0.3) is 0 Å². The smallest absolute Gasteiger partial charge is 0.526 e. The second-order valence-electron chi connectivity index (χ2n) is 9.21. The molecule has 5 N–H and O–H groups in total. The fourth-order valence-corrected chi connectivity index (χ4v) is 4.64. The Morgan fingerprint density at radius 2 is 1.85 bits per heavy atom. The molecule has 0 bridgehead atoms. The van der Waals surface area contributed by atoms with Gasteiger partial charge in [-0.1, -0.05) is 18.2 Å². The van der Waals surface area contributed by atoms with Crippen LogP contribution in [0.3, 0.4) is 0 Å². The van der Waals surface area contributed by atoms with E-state index in [9.17, 15) is 44.3 Å². The monoisotopic (exact) mass is 539 g/mol. The lowest BCUT2D eigenvalue weighted by Crippen LogP contribution is -2.58. The Bertz CT molecular complexity index is 1350. The maximum absolute atomic E-state index is 13.5. The number of hydrogen-bond donors (Lipinski definition) is 5. The maximum Gasteiger partial charge on any atom is 0.526 e. The number of likely N-dealkylation sites (N-methyl/N-ethyl adjacent to an activating group) is 1. The average molecular weight is 539 g/mol. The number of nitrogens with one attached hydrogen (secondary N) is 1. The number of amides is 4. The number of phenols is 2. The highest BCUT2D eigenvalue weighted by molar-refractivity contribution is 6.47. The molecule has 1 saturated heterocycles. The Balaban J connectivity index is 1.57. The summed E-state index contributed by atoms with van der Waals surface area (Å²) in [6, 6.07) is 5.50. The van der Waals surface area contributed by atoms with E-state index in [0.29, 0.717) is 10.5 Å². The SMILES string of the molecule is CCN1CCN(C(=O)N[C@H](C(=O)C[C@H]2Cc3cccc(C(=O)O)c3OB2O)c2ccc(O)c(O)c2)C(=O)C1=O. The summed E-state index contributed by atoms with van der Waals surface area (Å²) in [5.74, 6) is -5.62. The van der Waals surface area contributed by atoms with Crippen molar-refractivity contribution in [2.24, 2.45) is 0 Å². The summed E-state index contributed by atoms with van der Waals surface area (Å²) in [5, 5.41) is 42.1. The van der Waals surface area contributed by atoms with Crippen molar-refractivity contribution in [3.63, 3.8) is 0 Å². The zero-order chi connectivity index (χ0) is 28.4. The average Bonchev–Trinajstić information content (AvgIpc) is 2.90. The van der Waals surface area contributed by atoms with Crippen molar-refractivity contribution in [1.82, 2.24) is 15.1 Å². The number of ketones is 1. The van der Waals surface area contributed by atoms with Crippen LogP contribution in [0.4, 0.5) is 4.79 Å². The van der Waals surface area contributed by atoms with Gasteiger partial charge in [-0.3, -0.25) is 19.3 Å². The maximum atomic E-state index is 13.5. The number of carboxylic acid groups (broad SMARTS) is 1. The first-order valence-corrected chi connectivity index (χ1v) is 12.2. The predicted molar refractivity (Wildman–Crippen MR) is 134 cm³/mol. The molecular weight excluding hydrogens is 513 g/mol. The summed E-state index contributed by atoms with van der Waals surface area (Å²) < 4.78 is 5.45. The highest BCUT2D eigenvalue weighted by atomic mass is 16.5. The van der Waals surface area contributed by atoms with Crippen LogP contribution in [0, 0.1) is 0 Å². The minimum Gasteiger partial charge on any atom is -0.535 e. The van der Waals surface area contributed by atoms with Gasteiger partial charge in [0, 0.05) is 31.9 Å². The van der Waals surface area contributed by atoms with Crippen LogP contribution in [0.1, 0.15) is 40.9 Å². The summed E-state index contributed by atoms with van der Waals surface area (Å²) in [6.07, 6.45) is -0.252. The van der Waals surface area contributed by atoms with Crippen LogP contribution in [0.5, 0.6) is 17.2 Å². The highest BCUT2D eigenvalue weighted by Crippen LogP contribution is 2.37. The molecule has 1 fully saturated rings. The zero-order valence-corrected chi connectivity index (χ0v) is 20.9. The molecule has 0 unspecified atom stereocenters. The number of aromatic carboxylic acids is 1. The first-order chi connectivity index (χ1) is 18.5. The summed E-state index contributed by atoms with van der Waals surface area (Å²) in [6.45, 7) is 2.01. The second-order valence-corrected chi connectivity index (χ2v) is 9.21. The molecule has 2 aromatic rings. The third-order valence-electron chi connectivity index (χ3n) is 6.77. The number of Topliss-reactive ketones (excluding diaryl/α,β-unsaturated/α-hetero) is 1. The molecule has 4 amide bonds. The zero-order valence-electron chi connectivity index (χ0n) is 20.9. The molecule has 2 aliphatic rings. The lowest BCUT2D eigenvalue weighted by Gasteiger charge is -2.33. The summed E-state index contributed by atoms with van der Waals surface area (Å²) in [5.41, 5.74) is 0.414. The van der Waals surface area contributed by atoms with Gasteiger partial charge in [-0.05, 0) is 42.7 Å². The van der Waals surface area contributed by atoms with E-state index in [0.717, 1.165) is 12.1 Å². The van der Waals surface area contributed by atoms with Gasteiger partial charge < -0.3 is 35.2 Å². The third-order valence-corrected chi connectivity index (χ3v) is 6.77. The Hall–Kier alpha value is -4.59. The lowest BCUT2D eigenvalue weighted by molar-refractivity contribution is -0.153. The number of fused-ring (bicyclic) bond motifs is 1. The van der Waals surface area contributed by atoms with E-state index in [1.54, 1.807) is 13.0 Å². The van der Waals surface area contributed by atoms with E-state index in [2.05, 4.69) is 5.32 Å². The van der Waals surface area contributed by atoms with Gasteiger partial charge in [0.05, 0.1) is 5.56 Å². The number of imide groups is 1. The number of hydrogen-bond acceptors (Lipinski definition) is 9. The summed E-state index contributed by atoms with van der Waals surface area (Å²) >= 11 is 0. The molecule has 0 saturated carbocycles. The van der Waals surface area contributed by atoms with E-state index in [4.69, 9.17) is 4.65 Å². The number of para-hydroxylation sites is 1. The van der Waals surface area contributed by atoms with Gasteiger partial charge in [-0.15, -0.1) is 0 Å². The third kappa shape index (κ3) is 5.50. The van der Waals surface area contributed by atoms with Gasteiger partial charge in [0.15, 0.2) is 17.3 Å². The Morgan fingerprint density at radius 3 is 2.51 bits per heavy atom. The molecule has 0 spiro atoms. The second kappa shape index (κ2) is 11.0. The Morgan fingerprint density at radius 1 is 1.10 bits per heavy atom. The van der Waals surface area contributed by atoms with E-state index >= 15 is 0 Å². The van der Waals surface area contributed by atoms with Crippen LogP contribution >= 0.6 is 0 Å². The fraction of sp³-hybridized carbons (Fsp3) is 0.320. The van der Waals surface area contributed by atoms with Crippen LogP contribution < -0.4 is 9.97 Å². The Kier molecular flexibility index (Phi) is 7.76. The summed E-state index contributed by atoms with van der Waals surface area (Å²) in [7, 11) is -1.53. The largest absolute Gasteiger partial charge is 0.535 e. The lowest BCUT2D eigenvalue weighted by atomic mass is 9.64. The molecule has 13 nitrogen and oxygen atoms in total. The molecule has 2 heterocycles. The molecule has 204 valence electrons. The molecule has 0 aliphatic carbocycles. The van der Waals surface area contributed by atoms with E-state index in [1.807, 2.05) is 0 Å². The molecule has 14 heteroatoms. The van der Waals surface area contributed by atoms with Gasteiger partial charge in [-0.2, -0.15) is 0 Å². The normalized spacial score (nSPS) is 17.8. The number of rotatable bonds is 7. The Labute approximate surface area is 222 Å². The number of phenolic OH excluding ortho intramolecular Hbond substituents is 2. The number of carbonyl (C=O) groups excluding carboxylic acids is 4. The standard InChI is InChI=1S/C25H26BN3O10/c1-2-28-8-9-29(23(34)22(28)33)25(37)27-20(13-6-7-17(30)18(31)11-13)19(32)12-15-10-14-4-3-5-16(24(35)36)21(14)39-26(15)38/h3-7,11,15,20,30-31,38H,2,8-10,12H2,1H3,(H,27,37)(H,35,36)/t15-,20+/m1/s1. The van der Waals surface area contributed by atoms with Crippen LogP contribution in [0.2, 0.25) is 5.82 Å². The summed E-state index contributed by atoms with van der Waals surface area (Å²) in [4.78, 5) is 64.8. The van der Waals surface area contributed by atoms with Gasteiger partial charge in [-0.25, -0.2) is 9.59 Å². The molecule has 2 aromatic carbocycles. The topological polar surface area (TPSA) is 194 Å². The van der Waals surface area contributed by atoms with Crippen molar-refractivity contribution in [3.8, 4) is 17.2 Å². The number of carboxylic acids is 1. The number of aromatic hydroxyl groups is 2. The number of urea groups is 1. The minimum atomic E-state index is -1.53. The first kappa shape index (κ1) is 27.4. The van der Waals surface area contributed by atoms with E-state index in [1.165, 1.54) is 23.1 Å². The van der Waals surface area contributed by atoms with E-state index in [-0.39, 0.29) is 49.4 Å². The molecule has 0 radical (unpaired) electrons. The molecule has 2 aliphatic heterocycles. The predicted octanol–water partition coefficient (Wildman–Crippen LogP) is 0.682. The van der Waals surface area contributed by atoms with Crippen LogP contribution in [0.15, 0.2) is 36.4 Å². The number of piperazine rings is 1. The highest BCUT2D eigenvalue weighted by Gasteiger charge is 2.41. The van der Waals surface area contributed by atoms with Crippen molar-refractivity contribution in [1.29, 1.82) is 0 Å². The van der Waals surface area contributed by atoms with Crippen molar-refractivity contribution in [2.75, 3.05) is 19.6 Å². The first-order valence-electron chi connectivity index (χ1n) is 12.2. The number of benzene rings is 2. The molecule has 39 heavy (non-hydrogen) atoms. The van der Waals surface area contributed by atoms with Crippen molar-refractivity contribution >= 4 is 36.7 Å². The quantitative estimate of drug-likeness (QED) is 0.190. The fourth-order valence-electron chi connectivity index (χ4n) is 4.64. The van der Waals surface area contributed by atoms with Crippen molar-refractivity contribution in [2.45, 2.75) is 31.6 Å². The molecular formula is C25H26BN3O10. The number of nitrogens with zero attached hydrogens (tertiary/aromatic N) is 2. The van der Waals surface area contributed by atoms with Gasteiger partial charge in [0.25, 0.3) is 0 Å². The molecule has 4 rings (SSSR count). The van der Waals surface area contributed by atoms with Crippen molar-refractivity contribution in [3.05, 3.63) is 53.1 Å². The van der Waals surface area contributed by atoms with Gasteiger partial charge in [0.2, 0.25) is 0 Å². The van der Waals surface area contributed by atoms with Crippen LogP contribution in [-0.2, 0) is 20.8 Å². The molecule has 0 aromatic heterocycles. The van der Waals surface area contributed by atoms with Gasteiger partial charge in [0.1, 0.15) is 11.8 Å². The minimum absolute atomic E-state index is 0.00362.